The zero-order valence-corrected chi connectivity index (χ0v) is 23.2. The predicted molar refractivity (Wildman–Crippen MR) is 149 cm³/mol. The van der Waals surface area contributed by atoms with E-state index in [4.69, 9.17) is 5.73 Å². The van der Waals surface area contributed by atoms with Crippen molar-refractivity contribution in [2.75, 3.05) is 5.75 Å². The van der Waals surface area contributed by atoms with Crippen molar-refractivity contribution in [3.8, 4) is 0 Å². The molecule has 3 nitrogen and oxygen atoms in total. The molecule has 0 saturated carbocycles. The highest BCUT2D eigenvalue weighted by Crippen LogP contribution is 2.33. The third-order valence-corrected chi connectivity index (χ3v) is 8.73. The van der Waals surface area contributed by atoms with E-state index in [-0.39, 0.29) is 11.9 Å². The third-order valence-electron chi connectivity index (χ3n) is 6.94. The fourth-order valence-electron chi connectivity index (χ4n) is 4.83. The Morgan fingerprint density at radius 1 is 0.939 bits per heavy atom. The van der Waals surface area contributed by atoms with Gasteiger partial charge in [-0.2, -0.15) is 0 Å². The number of amides is 1. The molecule has 1 amide bonds. The van der Waals surface area contributed by atoms with Gasteiger partial charge in [0.15, 0.2) is 0 Å². The molecular formula is C28H47BrN2OS. The van der Waals surface area contributed by atoms with Gasteiger partial charge in [-0.25, -0.2) is 0 Å². The van der Waals surface area contributed by atoms with Gasteiger partial charge in [0.2, 0.25) is 5.91 Å². The summed E-state index contributed by atoms with van der Waals surface area (Å²) in [6.45, 7) is 2.29. The van der Waals surface area contributed by atoms with Crippen LogP contribution in [-0.4, -0.2) is 23.1 Å². The SMILES string of the molecule is CCCCCCCCCCCCCCCCC(CC1NC(C(N)=O)CS1)c1ccc(Br)cc1. The summed E-state index contributed by atoms with van der Waals surface area (Å²) in [5, 5.41) is 3.75. The number of hydrogen-bond acceptors (Lipinski definition) is 3. The Morgan fingerprint density at radius 3 is 1.94 bits per heavy atom. The summed E-state index contributed by atoms with van der Waals surface area (Å²) in [5.41, 5.74) is 6.91. The molecule has 3 N–H and O–H groups in total. The summed E-state index contributed by atoms with van der Waals surface area (Å²) in [6, 6.07) is 8.63. The van der Waals surface area contributed by atoms with Gasteiger partial charge in [-0.1, -0.05) is 125 Å². The molecular weight excluding hydrogens is 492 g/mol. The summed E-state index contributed by atoms with van der Waals surface area (Å²) in [4.78, 5) is 11.5. The lowest BCUT2D eigenvalue weighted by Crippen LogP contribution is -2.41. The van der Waals surface area contributed by atoms with Gasteiger partial charge < -0.3 is 5.73 Å². The van der Waals surface area contributed by atoms with E-state index in [1.807, 2.05) is 11.8 Å². The molecule has 2 rings (SSSR count). The van der Waals surface area contributed by atoms with E-state index in [1.165, 1.54) is 102 Å². The summed E-state index contributed by atoms with van der Waals surface area (Å²) in [5.74, 6) is 1.11. The van der Waals surface area contributed by atoms with Gasteiger partial charge >= 0.3 is 0 Å². The molecule has 0 aromatic heterocycles. The van der Waals surface area contributed by atoms with Crippen molar-refractivity contribution in [2.45, 2.75) is 127 Å². The number of hydrogen-bond donors (Lipinski definition) is 2. The van der Waals surface area contributed by atoms with E-state index in [0.29, 0.717) is 11.3 Å². The quantitative estimate of drug-likeness (QED) is 0.174. The lowest BCUT2D eigenvalue weighted by atomic mass is 9.90. The van der Waals surface area contributed by atoms with Crippen molar-refractivity contribution in [2.24, 2.45) is 5.73 Å². The smallest absolute Gasteiger partial charge is 0.235 e. The minimum absolute atomic E-state index is 0.174. The van der Waals surface area contributed by atoms with Crippen molar-refractivity contribution in [1.29, 1.82) is 0 Å². The topological polar surface area (TPSA) is 55.1 Å². The number of carbonyl (C=O) groups is 1. The van der Waals surface area contributed by atoms with Crippen LogP contribution in [0.4, 0.5) is 0 Å². The van der Waals surface area contributed by atoms with E-state index in [9.17, 15) is 4.79 Å². The molecule has 3 unspecified atom stereocenters. The van der Waals surface area contributed by atoms with Crippen LogP contribution in [0.25, 0.3) is 0 Å². The molecule has 1 saturated heterocycles. The monoisotopic (exact) mass is 538 g/mol. The Labute approximate surface area is 215 Å². The number of thioether (sulfide) groups is 1. The average molecular weight is 540 g/mol. The number of unbranched alkanes of at least 4 members (excludes halogenated alkanes) is 13. The largest absolute Gasteiger partial charge is 0.368 e. The number of nitrogens with two attached hydrogens (primary N) is 1. The Balaban J connectivity index is 1.58. The maximum Gasteiger partial charge on any atom is 0.235 e. The summed E-state index contributed by atoms with van der Waals surface area (Å²) in [7, 11) is 0. The average Bonchev–Trinajstić information content (AvgIpc) is 3.28. The van der Waals surface area contributed by atoms with E-state index in [0.717, 1.165) is 16.6 Å². The zero-order valence-electron chi connectivity index (χ0n) is 20.8. The molecule has 0 bridgehead atoms. The number of nitrogens with one attached hydrogen (secondary N) is 1. The highest BCUT2D eigenvalue weighted by molar-refractivity contribution is 9.10. The molecule has 3 atom stereocenters. The van der Waals surface area contributed by atoms with Gasteiger partial charge in [0.05, 0.1) is 11.4 Å². The summed E-state index contributed by atoms with van der Waals surface area (Å²) >= 11 is 5.41. The molecule has 188 valence electrons. The molecule has 33 heavy (non-hydrogen) atoms. The van der Waals surface area contributed by atoms with Gasteiger partial charge in [0, 0.05) is 10.2 Å². The Bertz CT molecular complexity index is 639. The second kappa shape index (κ2) is 17.8. The van der Waals surface area contributed by atoms with Crippen LogP contribution in [0.15, 0.2) is 28.7 Å². The first kappa shape index (κ1) is 28.7. The van der Waals surface area contributed by atoms with E-state index in [1.54, 1.807) is 0 Å². The number of rotatable bonds is 19. The fraction of sp³-hybridized carbons (Fsp3) is 0.750. The van der Waals surface area contributed by atoms with Gasteiger partial charge in [-0.3, -0.25) is 10.1 Å². The Hall–Kier alpha value is -0.520. The van der Waals surface area contributed by atoms with Crippen LogP contribution < -0.4 is 11.1 Å². The Kier molecular flexibility index (Phi) is 15.5. The van der Waals surface area contributed by atoms with Gasteiger partial charge in [-0.05, 0) is 36.5 Å². The molecule has 1 aliphatic rings. The predicted octanol–water partition coefficient (Wildman–Crippen LogP) is 8.31. The van der Waals surface area contributed by atoms with Gasteiger partial charge in [-0.15, -0.1) is 11.8 Å². The first-order chi connectivity index (χ1) is 16.1. The molecule has 0 spiro atoms. The lowest BCUT2D eigenvalue weighted by molar-refractivity contribution is -0.119. The molecule has 1 aromatic carbocycles. The number of carbonyl (C=O) groups excluding carboxylic acids is 1. The van der Waals surface area contributed by atoms with Crippen LogP contribution in [0.1, 0.15) is 121 Å². The van der Waals surface area contributed by atoms with Crippen LogP contribution in [-0.2, 0) is 4.79 Å². The van der Waals surface area contributed by atoms with Crippen molar-refractivity contribution >= 4 is 33.6 Å². The van der Waals surface area contributed by atoms with E-state index in [2.05, 4.69) is 52.4 Å². The molecule has 5 heteroatoms. The fourth-order valence-corrected chi connectivity index (χ4v) is 6.41. The summed E-state index contributed by atoms with van der Waals surface area (Å²) < 4.78 is 1.13. The van der Waals surface area contributed by atoms with Crippen molar-refractivity contribution in [3.63, 3.8) is 0 Å². The minimum atomic E-state index is -0.225. The summed E-state index contributed by atoms with van der Waals surface area (Å²) in [6.07, 6.45) is 21.9. The van der Waals surface area contributed by atoms with Crippen molar-refractivity contribution in [3.05, 3.63) is 34.3 Å². The molecule has 0 radical (unpaired) electrons. The lowest BCUT2D eigenvalue weighted by Gasteiger charge is -2.21. The number of primary amides is 1. The highest BCUT2D eigenvalue weighted by atomic mass is 79.9. The van der Waals surface area contributed by atoms with Crippen LogP contribution in [0.5, 0.6) is 0 Å². The van der Waals surface area contributed by atoms with Crippen LogP contribution in [0.3, 0.4) is 0 Å². The molecule has 1 aromatic rings. The van der Waals surface area contributed by atoms with Crippen LogP contribution >= 0.6 is 27.7 Å². The van der Waals surface area contributed by atoms with Gasteiger partial charge in [0.25, 0.3) is 0 Å². The normalized spacial score (nSPS) is 19.1. The maximum atomic E-state index is 11.5. The maximum absolute atomic E-state index is 11.5. The molecule has 1 fully saturated rings. The number of halogens is 1. The van der Waals surface area contributed by atoms with Gasteiger partial charge in [0.1, 0.15) is 0 Å². The van der Waals surface area contributed by atoms with Crippen LogP contribution in [0.2, 0.25) is 0 Å². The third kappa shape index (κ3) is 12.7. The van der Waals surface area contributed by atoms with Crippen molar-refractivity contribution in [1.82, 2.24) is 5.32 Å². The van der Waals surface area contributed by atoms with E-state index < -0.39 is 0 Å². The standard InChI is InChI=1S/C28H47BrN2OS/c1-2-3-4-5-6-7-8-9-10-11-12-13-14-15-16-24(23-17-19-25(29)20-18-23)21-27-31-26(22-33-27)28(30)32/h17-20,24,26-27,31H,2-16,21-22H2,1H3,(H2,30,32). The second-order valence-corrected chi connectivity index (χ2v) is 12.0. The number of benzene rings is 1. The first-order valence-electron chi connectivity index (χ1n) is 13.5. The molecule has 1 aliphatic heterocycles. The first-order valence-corrected chi connectivity index (χ1v) is 15.4. The van der Waals surface area contributed by atoms with Crippen LogP contribution in [0, 0.1) is 0 Å². The molecule has 1 heterocycles. The van der Waals surface area contributed by atoms with Crippen molar-refractivity contribution < 1.29 is 4.79 Å². The van der Waals surface area contributed by atoms with E-state index >= 15 is 0 Å². The highest BCUT2D eigenvalue weighted by Gasteiger charge is 2.30. The molecule has 0 aliphatic carbocycles. The minimum Gasteiger partial charge on any atom is -0.368 e. The second-order valence-electron chi connectivity index (χ2n) is 9.81. The zero-order chi connectivity index (χ0) is 23.7. The Morgan fingerprint density at radius 2 is 1.45 bits per heavy atom.